The Morgan fingerprint density at radius 1 is 1.16 bits per heavy atom. The van der Waals surface area contributed by atoms with Crippen LogP contribution in [-0.2, 0) is 7.05 Å². The van der Waals surface area contributed by atoms with Crippen molar-refractivity contribution in [2.45, 2.75) is 13.0 Å². The molecule has 0 aliphatic heterocycles. The van der Waals surface area contributed by atoms with Crippen LogP contribution in [-0.4, -0.2) is 4.57 Å². The molecule has 0 bridgehead atoms. The van der Waals surface area contributed by atoms with E-state index >= 15 is 0 Å². The summed E-state index contributed by atoms with van der Waals surface area (Å²) in [6.07, 6.45) is 1.65. The van der Waals surface area contributed by atoms with Gasteiger partial charge in [0.1, 0.15) is 0 Å². The van der Waals surface area contributed by atoms with Crippen molar-refractivity contribution in [3.63, 3.8) is 0 Å². The Labute approximate surface area is 109 Å². The van der Waals surface area contributed by atoms with Crippen LogP contribution in [0.25, 0.3) is 0 Å². The molecule has 1 heterocycles. The van der Waals surface area contributed by atoms with Gasteiger partial charge in [0, 0.05) is 25.4 Å². The molecule has 0 fully saturated rings. The number of aryl methyl sites for hydroxylation is 1. The summed E-state index contributed by atoms with van der Waals surface area (Å²) in [6, 6.07) is 6.68. The molecule has 1 N–H and O–H groups in total. The summed E-state index contributed by atoms with van der Waals surface area (Å²) in [5.41, 5.74) is 1.26. The summed E-state index contributed by atoms with van der Waals surface area (Å²) in [4.78, 5) is 11.3. The van der Waals surface area contributed by atoms with Gasteiger partial charge in [-0.05, 0) is 30.7 Å². The number of aromatic nitrogens is 1. The minimum atomic E-state index is -0.869. The molecule has 1 aromatic carbocycles. The minimum Gasteiger partial charge on any atom is -0.377 e. The number of anilines is 1. The first-order valence-electron chi connectivity index (χ1n) is 5.85. The fraction of sp³-hybridized carbons (Fsp3) is 0.214. The van der Waals surface area contributed by atoms with Gasteiger partial charge in [-0.2, -0.15) is 0 Å². The second-order valence-corrected chi connectivity index (χ2v) is 4.41. The zero-order valence-electron chi connectivity index (χ0n) is 10.7. The lowest BCUT2D eigenvalue weighted by Gasteiger charge is -2.16. The van der Waals surface area contributed by atoms with Gasteiger partial charge in [0.15, 0.2) is 11.6 Å². The third-order valence-corrected chi connectivity index (χ3v) is 2.91. The highest BCUT2D eigenvalue weighted by Crippen LogP contribution is 2.20. The van der Waals surface area contributed by atoms with E-state index < -0.39 is 11.6 Å². The largest absolute Gasteiger partial charge is 0.377 e. The number of nitrogens with zero attached hydrogens (tertiary/aromatic N) is 1. The van der Waals surface area contributed by atoms with Gasteiger partial charge in [0.25, 0.3) is 0 Å². The first kappa shape index (κ1) is 13.3. The Morgan fingerprint density at radius 2 is 1.89 bits per heavy atom. The molecule has 0 amide bonds. The van der Waals surface area contributed by atoms with Crippen molar-refractivity contribution >= 4 is 5.69 Å². The maximum absolute atomic E-state index is 13.1. The molecule has 0 aliphatic rings. The van der Waals surface area contributed by atoms with Gasteiger partial charge in [-0.15, -0.1) is 0 Å². The van der Waals surface area contributed by atoms with E-state index in [0.717, 1.165) is 17.8 Å². The van der Waals surface area contributed by atoms with Gasteiger partial charge >= 0.3 is 0 Å². The minimum absolute atomic E-state index is 0.106. The molecule has 100 valence electrons. The molecule has 1 unspecified atom stereocenters. The monoisotopic (exact) mass is 264 g/mol. The van der Waals surface area contributed by atoms with E-state index in [0.29, 0.717) is 5.56 Å². The molecular formula is C14H14F2N2O. The Morgan fingerprint density at radius 3 is 2.53 bits per heavy atom. The van der Waals surface area contributed by atoms with Crippen LogP contribution in [0.4, 0.5) is 14.5 Å². The van der Waals surface area contributed by atoms with Crippen LogP contribution < -0.4 is 10.9 Å². The Kier molecular flexibility index (Phi) is 3.64. The smallest absolute Gasteiger partial charge is 0.250 e. The van der Waals surface area contributed by atoms with E-state index in [4.69, 9.17) is 0 Å². The summed E-state index contributed by atoms with van der Waals surface area (Å²) in [5, 5.41) is 3.12. The number of pyridine rings is 1. The fourth-order valence-electron chi connectivity index (χ4n) is 1.79. The van der Waals surface area contributed by atoms with E-state index in [1.807, 2.05) is 6.92 Å². The van der Waals surface area contributed by atoms with Gasteiger partial charge in [-0.25, -0.2) is 8.78 Å². The van der Waals surface area contributed by atoms with Crippen LogP contribution in [0.1, 0.15) is 18.5 Å². The summed E-state index contributed by atoms with van der Waals surface area (Å²) in [7, 11) is 1.65. The first-order chi connectivity index (χ1) is 8.97. The molecule has 0 saturated heterocycles. The van der Waals surface area contributed by atoms with E-state index in [9.17, 15) is 13.6 Å². The first-order valence-corrected chi connectivity index (χ1v) is 5.85. The predicted octanol–water partition coefficient (Wildman–Crippen LogP) is 2.84. The number of hydrogen-bond donors (Lipinski definition) is 1. The van der Waals surface area contributed by atoms with Crippen molar-refractivity contribution < 1.29 is 8.78 Å². The molecule has 0 spiro atoms. The maximum atomic E-state index is 13.1. The number of halogens is 2. The zero-order chi connectivity index (χ0) is 14.0. The predicted molar refractivity (Wildman–Crippen MR) is 70.1 cm³/mol. The van der Waals surface area contributed by atoms with Crippen LogP contribution in [0.5, 0.6) is 0 Å². The standard InChI is InChI=1S/C14H14F2N2O/c1-9(10-3-5-12(15)13(16)7-10)17-11-4-6-14(19)18(2)8-11/h3-9,17H,1-2H3. The Hall–Kier alpha value is -2.17. The number of nitrogens with one attached hydrogen (secondary N) is 1. The lowest BCUT2D eigenvalue weighted by molar-refractivity contribution is 0.506. The number of rotatable bonds is 3. The van der Waals surface area contributed by atoms with E-state index in [1.165, 1.54) is 16.7 Å². The molecule has 0 saturated carbocycles. The summed E-state index contributed by atoms with van der Waals surface area (Å²) < 4.78 is 27.4. The lowest BCUT2D eigenvalue weighted by atomic mass is 10.1. The van der Waals surface area contributed by atoms with Crippen molar-refractivity contribution in [1.29, 1.82) is 0 Å². The van der Waals surface area contributed by atoms with Gasteiger partial charge in [-0.1, -0.05) is 6.07 Å². The number of benzene rings is 1. The molecule has 5 heteroatoms. The second-order valence-electron chi connectivity index (χ2n) is 4.41. The molecule has 2 aromatic rings. The van der Waals surface area contributed by atoms with Crippen LogP contribution in [0.2, 0.25) is 0 Å². The van der Waals surface area contributed by atoms with E-state index in [2.05, 4.69) is 5.32 Å². The highest BCUT2D eigenvalue weighted by molar-refractivity contribution is 5.43. The third-order valence-electron chi connectivity index (χ3n) is 2.91. The van der Waals surface area contributed by atoms with Crippen LogP contribution >= 0.6 is 0 Å². The van der Waals surface area contributed by atoms with Crippen molar-refractivity contribution in [3.05, 3.63) is 64.1 Å². The van der Waals surface area contributed by atoms with Crippen LogP contribution in [0.3, 0.4) is 0 Å². The molecule has 3 nitrogen and oxygen atoms in total. The fourth-order valence-corrected chi connectivity index (χ4v) is 1.79. The van der Waals surface area contributed by atoms with Gasteiger partial charge in [-0.3, -0.25) is 4.79 Å². The lowest BCUT2D eigenvalue weighted by Crippen LogP contribution is -2.16. The molecule has 2 rings (SSSR count). The quantitative estimate of drug-likeness (QED) is 0.925. The van der Waals surface area contributed by atoms with Crippen LogP contribution in [0, 0.1) is 11.6 Å². The van der Waals surface area contributed by atoms with E-state index in [1.54, 1.807) is 19.3 Å². The topological polar surface area (TPSA) is 34.0 Å². The normalized spacial score (nSPS) is 12.2. The van der Waals surface area contributed by atoms with Crippen LogP contribution in [0.15, 0.2) is 41.3 Å². The van der Waals surface area contributed by atoms with Gasteiger partial charge in [0.05, 0.1) is 5.69 Å². The molecule has 19 heavy (non-hydrogen) atoms. The third kappa shape index (κ3) is 2.99. The summed E-state index contributed by atoms with van der Waals surface area (Å²) in [6.45, 7) is 1.83. The Balaban J connectivity index is 2.20. The SMILES string of the molecule is CC(Nc1ccc(=O)n(C)c1)c1ccc(F)c(F)c1. The number of hydrogen-bond acceptors (Lipinski definition) is 2. The maximum Gasteiger partial charge on any atom is 0.250 e. The van der Waals surface area contributed by atoms with E-state index in [-0.39, 0.29) is 11.6 Å². The summed E-state index contributed by atoms with van der Waals surface area (Å²) >= 11 is 0. The highest BCUT2D eigenvalue weighted by Gasteiger charge is 2.09. The highest BCUT2D eigenvalue weighted by atomic mass is 19.2. The summed E-state index contributed by atoms with van der Waals surface area (Å²) in [5.74, 6) is -1.73. The van der Waals surface area contributed by atoms with Crippen molar-refractivity contribution in [2.24, 2.45) is 7.05 Å². The van der Waals surface area contributed by atoms with Crippen molar-refractivity contribution in [2.75, 3.05) is 5.32 Å². The molecule has 1 aromatic heterocycles. The average Bonchev–Trinajstić information content (AvgIpc) is 2.37. The second kappa shape index (κ2) is 5.22. The molecule has 0 radical (unpaired) electrons. The van der Waals surface area contributed by atoms with Gasteiger partial charge < -0.3 is 9.88 Å². The Bertz CT molecular complexity index is 652. The van der Waals surface area contributed by atoms with Crippen molar-refractivity contribution in [1.82, 2.24) is 4.57 Å². The van der Waals surface area contributed by atoms with Crippen molar-refractivity contribution in [3.8, 4) is 0 Å². The molecule has 1 atom stereocenters. The zero-order valence-corrected chi connectivity index (χ0v) is 10.7. The molecule has 0 aliphatic carbocycles. The molecular weight excluding hydrogens is 250 g/mol. The van der Waals surface area contributed by atoms with Gasteiger partial charge in [0.2, 0.25) is 5.56 Å². The average molecular weight is 264 g/mol.